The second-order valence-electron chi connectivity index (χ2n) is 5.66. The van der Waals surface area contributed by atoms with Crippen LogP contribution in [0.1, 0.15) is 24.8 Å². The quantitative estimate of drug-likeness (QED) is 0.834. The smallest absolute Gasteiger partial charge is 0.207 e. The summed E-state index contributed by atoms with van der Waals surface area (Å²) in [5.74, 6) is -0.300. The van der Waals surface area contributed by atoms with E-state index in [-0.39, 0.29) is 17.0 Å². The molecule has 0 amide bonds. The first-order chi connectivity index (χ1) is 11.0. The van der Waals surface area contributed by atoms with Gasteiger partial charge in [-0.25, -0.2) is 12.8 Å². The normalized spacial score (nSPS) is 19.8. The molecule has 1 fully saturated rings. The van der Waals surface area contributed by atoms with Gasteiger partial charge in [0, 0.05) is 12.6 Å². The Balaban J connectivity index is 1.85. The number of halogens is 1. The van der Waals surface area contributed by atoms with Crippen LogP contribution in [-0.2, 0) is 23.5 Å². The average Bonchev–Trinajstić information content (AvgIpc) is 2.97. The Hall–Kier alpha value is -1.87. The number of sulfonamides is 1. The van der Waals surface area contributed by atoms with E-state index in [1.165, 1.54) is 23.5 Å². The third kappa shape index (κ3) is 3.40. The first kappa shape index (κ1) is 16.0. The standard InChI is InChI=1S/C14H18FN5O2S/c1-19-17-14(16-18-19)23(21,22)20-9-3-2-4-13(20)10-11-5-7-12(15)8-6-11/h5-8,13H,2-4,9-10H2,1H3. The van der Waals surface area contributed by atoms with E-state index in [1.54, 1.807) is 12.1 Å². The van der Waals surface area contributed by atoms with Crippen LogP contribution in [0, 0.1) is 5.82 Å². The number of rotatable bonds is 4. The van der Waals surface area contributed by atoms with Crippen LogP contribution in [0.15, 0.2) is 29.4 Å². The van der Waals surface area contributed by atoms with Crippen LogP contribution in [0.25, 0.3) is 0 Å². The van der Waals surface area contributed by atoms with Crippen molar-refractivity contribution in [2.24, 2.45) is 7.05 Å². The Kier molecular flexibility index (Phi) is 4.40. The van der Waals surface area contributed by atoms with Gasteiger partial charge in [-0.3, -0.25) is 0 Å². The van der Waals surface area contributed by atoms with Crippen LogP contribution in [-0.4, -0.2) is 45.5 Å². The fraction of sp³-hybridized carbons (Fsp3) is 0.500. The van der Waals surface area contributed by atoms with Gasteiger partial charge in [0.15, 0.2) is 0 Å². The molecule has 7 nitrogen and oxygen atoms in total. The summed E-state index contributed by atoms with van der Waals surface area (Å²) in [7, 11) is -2.24. The zero-order valence-corrected chi connectivity index (χ0v) is 13.6. The predicted octanol–water partition coefficient (Wildman–Crippen LogP) is 1.14. The van der Waals surface area contributed by atoms with Crippen molar-refractivity contribution in [3.05, 3.63) is 35.6 Å². The molecule has 9 heteroatoms. The van der Waals surface area contributed by atoms with E-state index >= 15 is 0 Å². The molecule has 1 aliphatic rings. The zero-order valence-electron chi connectivity index (χ0n) is 12.8. The molecule has 1 aromatic heterocycles. The van der Waals surface area contributed by atoms with E-state index in [4.69, 9.17) is 0 Å². The fourth-order valence-corrected chi connectivity index (χ4v) is 4.37. The van der Waals surface area contributed by atoms with Crippen molar-refractivity contribution in [1.29, 1.82) is 0 Å². The topological polar surface area (TPSA) is 81.0 Å². The van der Waals surface area contributed by atoms with Crippen molar-refractivity contribution in [2.75, 3.05) is 6.54 Å². The summed E-state index contributed by atoms with van der Waals surface area (Å²) >= 11 is 0. The summed E-state index contributed by atoms with van der Waals surface area (Å²) in [5, 5.41) is 10.8. The minimum Gasteiger partial charge on any atom is -0.207 e. The lowest BCUT2D eigenvalue weighted by molar-refractivity contribution is 0.249. The molecule has 0 radical (unpaired) electrons. The van der Waals surface area contributed by atoms with Gasteiger partial charge < -0.3 is 0 Å². The first-order valence-electron chi connectivity index (χ1n) is 7.47. The molecule has 1 aliphatic heterocycles. The van der Waals surface area contributed by atoms with Gasteiger partial charge in [-0.15, -0.1) is 5.10 Å². The van der Waals surface area contributed by atoms with Gasteiger partial charge in [-0.1, -0.05) is 23.7 Å². The SMILES string of the molecule is Cn1nnc(S(=O)(=O)N2CCCCC2Cc2ccc(F)cc2)n1. The molecule has 1 atom stereocenters. The van der Waals surface area contributed by atoms with E-state index in [2.05, 4.69) is 15.4 Å². The number of aromatic nitrogens is 4. The van der Waals surface area contributed by atoms with Gasteiger partial charge in [0.2, 0.25) is 0 Å². The minimum absolute atomic E-state index is 0.178. The van der Waals surface area contributed by atoms with E-state index in [0.717, 1.165) is 29.6 Å². The average molecular weight is 339 g/mol. The maximum Gasteiger partial charge on any atom is 0.303 e. The molecule has 2 heterocycles. The van der Waals surface area contributed by atoms with Crippen molar-refractivity contribution in [1.82, 2.24) is 24.5 Å². The number of nitrogens with zero attached hydrogens (tertiary/aromatic N) is 5. The van der Waals surface area contributed by atoms with Crippen LogP contribution >= 0.6 is 0 Å². The predicted molar refractivity (Wildman–Crippen MR) is 80.4 cm³/mol. The monoisotopic (exact) mass is 339 g/mol. The number of piperidine rings is 1. The third-order valence-electron chi connectivity index (χ3n) is 3.99. The van der Waals surface area contributed by atoms with Gasteiger partial charge in [0.05, 0.1) is 7.05 Å². The van der Waals surface area contributed by atoms with Gasteiger partial charge in [-0.05, 0) is 42.2 Å². The summed E-state index contributed by atoms with van der Waals surface area (Å²) in [6.45, 7) is 0.437. The number of hydrogen-bond acceptors (Lipinski definition) is 5. The molecular formula is C14H18FN5O2S. The summed E-state index contributed by atoms with van der Waals surface area (Å²) < 4.78 is 40.0. The summed E-state index contributed by atoms with van der Waals surface area (Å²) in [5.41, 5.74) is 0.908. The van der Waals surface area contributed by atoms with E-state index in [9.17, 15) is 12.8 Å². The van der Waals surface area contributed by atoms with E-state index < -0.39 is 10.0 Å². The molecule has 0 spiro atoms. The summed E-state index contributed by atoms with van der Waals surface area (Å²) in [4.78, 5) is 1.13. The van der Waals surface area contributed by atoms with Crippen molar-refractivity contribution >= 4 is 10.0 Å². The molecule has 0 N–H and O–H groups in total. The molecule has 124 valence electrons. The molecular weight excluding hydrogens is 321 g/mol. The lowest BCUT2D eigenvalue weighted by atomic mass is 9.98. The molecule has 1 aromatic carbocycles. The lowest BCUT2D eigenvalue weighted by Crippen LogP contribution is -2.45. The largest absolute Gasteiger partial charge is 0.303 e. The Morgan fingerprint density at radius 2 is 2.00 bits per heavy atom. The van der Waals surface area contributed by atoms with Crippen LogP contribution in [0.2, 0.25) is 0 Å². The molecule has 1 unspecified atom stereocenters. The van der Waals surface area contributed by atoms with E-state index in [0.29, 0.717) is 13.0 Å². The first-order valence-corrected chi connectivity index (χ1v) is 8.91. The maximum absolute atomic E-state index is 13.0. The van der Waals surface area contributed by atoms with Crippen molar-refractivity contribution in [3.8, 4) is 0 Å². The highest BCUT2D eigenvalue weighted by Gasteiger charge is 2.36. The Morgan fingerprint density at radius 1 is 1.26 bits per heavy atom. The Morgan fingerprint density at radius 3 is 2.65 bits per heavy atom. The van der Waals surface area contributed by atoms with Gasteiger partial charge in [-0.2, -0.15) is 9.10 Å². The fourth-order valence-electron chi connectivity index (χ4n) is 2.86. The second kappa shape index (κ2) is 6.32. The van der Waals surface area contributed by atoms with Crippen LogP contribution in [0.5, 0.6) is 0 Å². The second-order valence-corrected chi connectivity index (χ2v) is 7.44. The molecule has 2 aromatic rings. The molecule has 0 aliphatic carbocycles. The molecule has 3 rings (SSSR count). The Labute approximate surface area is 134 Å². The number of tetrazole rings is 1. The van der Waals surface area contributed by atoms with Gasteiger partial charge >= 0.3 is 5.16 Å². The Bertz CT molecular complexity index is 775. The highest BCUT2D eigenvalue weighted by molar-refractivity contribution is 7.89. The number of aryl methyl sites for hydroxylation is 1. The third-order valence-corrected chi connectivity index (χ3v) is 5.71. The molecule has 0 saturated carbocycles. The molecule has 1 saturated heterocycles. The zero-order chi connectivity index (χ0) is 16.4. The molecule has 23 heavy (non-hydrogen) atoms. The summed E-state index contributed by atoms with van der Waals surface area (Å²) in [6, 6.07) is 5.98. The maximum atomic E-state index is 13.0. The number of benzene rings is 1. The van der Waals surface area contributed by atoms with Crippen molar-refractivity contribution in [3.63, 3.8) is 0 Å². The highest BCUT2D eigenvalue weighted by atomic mass is 32.2. The number of hydrogen-bond donors (Lipinski definition) is 0. The van der Waals surface area contributed by atoms with E-state index in [1.807, 2.05) is 0 Å². The van der Waals surface area contributed by atoms with Crippen molar-refractivity contribution < 1.29 is 12.8 Å². The lowest BCUT2D eigenvalue weighted by Gasteiger charge is -2.33. The minimum atomic E-state index is -3.76. The van der Waals surface area contributed by atoms with Gasteiger partial charge in [0.25, 0.3) is 10.0 Å². The highest BCUT2D eigenvalue weighted by Crippen LogP contribution is 2.26. The molecule has 0 bridgehead atoms. The van der Waals surface area contributed by atoms with Crippen LogP contribution < -0.4 is 0 Å². The van der Waals surface area contributed by atoms with Crippen LogP contribution in [0.3, 0.4) is 0 Å². The van der Waals surface area contributed by atoms with Crippen LogP contribution in [0.4, 0.5) is 4.39 Å². The van der Waals surface area contributed by atoms with Crippen molar-refractivity contribution in [2.45, 2.75) is 36.9 Å². The van der Waals surface area contributed by atoms with Gasteiger partial charge in [0.1, 0.15) is 5.82 Å². The summed E-state index contributed by atoms with van der Waals surface area (Å²) in [6.07, 6.45) is 3.07.